The Morgan fingerprint density at radius 2 is 1.44 bits per heavy atom. The Kier molecular flexibility index (Phi) is 6.47. The van der Waals surface area contributed by atoms with E-state index in [2.05, 4.69) is 10.0 Å². The van der Waals surface area contributed by atoms with Crippen LogP contribution in [0.1, 0.15) is 41.7 Å². The molecule has 1 atom stereocenters. The van der Waals surface area contributed by atoms with Gasteiger partial charge >= 0.3 is 0 Å². The fourth-order valence-electron chi connectivity index (χ4n) is 3.71. The molecule has 1 aliphatic rings. The third-order valence-electron chi connectivity index (χ3n) is 5.52. The zero-order valence-corrected chi connectivity index (χ0v) is 19.2. The number of rotatable bonds is 7. The first-order valence-corrected chi connectivity index (χ1v) is 12.2. The van der Waals surface area contributed by atoms with E-state index < -0.39 is 15.9 Å². The molecule has 1 aliphatic heterocycles. The Balaban J connectivity index is 1.53. The second-order valence-electron chi connectivity index (χ2n) is 7.87. The average Bonchev–Trinajstić information content (AvgIpc) is 3.17. The minimum absolute atomic E-state index is 0.0665. The van der Waals surface area contributed by atoms with Gasteiger partial charge in [-0.15, -0.1) is 0 Å². The van der Waals surface area contributed by atoms with Gasteiger partial charge in [0.1, 0.15) is 0 Å². The zero-order chi connectivity index (χ0) is 24.3. The van der Waals surface area contributed by atoms with Crippen molar-refractivity contribution >= 4 is 39.1 Å². The number of carbonyl (C=O) groups excluding carboxylic acids is 3. The SMILES string of the molecule is C[C@H](NC(=O)c1ccccc1NS(=O)(=O)c1ccc(N2C(=O)CCC2=O)cc1)c1ccccc1. The van der Waals surface area contributed by atoms with Crippen molar-refractivity contribution in [2.24, 2.45) is 0 Å². The number of carbonyl (C=O) groups is 3. The highest BCUT2D eigenvalue weighted by molar-refractivity contribution is 7.92. The Morgan fingerprint density at radius 3 is 2.09 bits per heavy atom. The number of hydrogen-bond acceptors (Lipinski definition) is 5. The maximum Gasteiger partial charge on any atom is 0.261 e. The van der Waals surface area contributed by atoms with E-state index in [0.29, 0.717) is 5.69 Å². The molecule has 1 fully saturated rings. The van der Waals surface area contributed by atoms with Crippen LogP contribution in [0.15, 0.2) is 83.8 Å². The van der Waals surface area contributed by atoms with E-state index in [4.69, 9.17) is 0 Å². The van der Waals surface area contributed by atoms with Gasteiger partial charge < -0.3 is 5.32 Å². The molecule has 3 aromatic rings. The monoisotopic (exact) mass is 477 g/mol. The molecule has 0 spiro atoms. The summed E-state index contributed by atoms with van der Waals surface area (Å²) in [4.78, 5) is 37.7. The van der Waals surface area contributed by atoms with Crippen molar-refractivity contribution in [1.82, 2.24) is 5.32 Å². The van der Waals surface area contributed by atoms with Crippen LogP contribution in [0.5, 0.6) is 0 Å². The number of hydrogen-bond donors (Lipinski definition) is 2. The third-order valence-corrected chi connectivity index (χ3v) is 6.90. The summed E-state index contributed by atoms with van der Waals surface area (Å²) in [6.07, 6.45) is 0.282. The van der Waals surface area contributed by atoms with Crippen molar-refractivity contribution in [3.63, 3.8) is 0 Å². The highest BCUT2D eigenvalue weighted by atomic mass is 32.2. The largest absolute Gasteiger partial charge is 0.345 e. The molecular formula is C25H23N3O5S. The van der Waals surface area contributed by atoms with Crippen molar-refractivity contribution in [2.45, 2.75) is 30.7 Å². The maximum absolute atomic E-state index is 13.0. The lowest BCUT2D eigenvalue weighted by Gasteiger charge is -2.17. The number of sulfonamides is 1. The van der Waals surface area contributed by atoms with Crippen LogP contribution in [0.3, 0.4) is 0 Å². The molecule has 1 heterocycles. The molecule has 34 heavy (non-hydrogen) atoms. The van der Waals surface area contributed by atoms with Crippen LogP contribution in [0.4, 0.5) is 11.4 Å². The number of nitrogens with one attached hydrogen (secondary N) is 2. The van der Waals surface area contributed by atoms with Gasteiger partial charge in [-0.1, -0.05) is 42.5 Å². The molecule has 1 saturated heterocycles. The number of imide groups is 1. The molecule has 174 valence electrons. The summed E-state index contributed by atoms with van der Waals surface area (Å²) in [7, 11) is -4.04. The fraction of sp³-hybridized carbons (Fsp3) is 0.160. The zero-order valence-electron chi connectivity index (χ0n) is 18.4. The summed E-state index contributed by atoms with van der Waals surface area (Å²) in [6.45, 7) is 1.84. The molecule has 0 saturated carbocycles. The molecule has 0 aromatic heterocycles. The Hall–Kier alpha value is -3.98. The first kappa shape index (κ1) is 23.2. The van der Waals surface area contributed by atoms with Crippen LogP contribution in [-0.4, -0.2) is 26.1 Å². The topological polar surface area (TPSA) is 113 Å². The van der Waals surface area contributed by atoms with Crippen molar-refractivity contribution in [3.05, 3.63) is 90.0 Å². The lowest BCUT2D eigenvalue weighted by molar-refractivity contribution is -0.121. The third kappa shape index (κ3) is 4.84. The summed E-state index contributed by atoms with van der Waals surface area (Å²) < 4.78 is 28.4. The van der Waals surface area contributed by atoms with Crippen LogP contribution in [0.2, 0.25) is 0 Å². The second kappa shape index (κ2) is 9.48. The molecule has 0 unspecified atom stereocenters. The van der Waals surface area contributed by atoms with Gasteiger partial charge in [0.25, 0.3) is 15.9 Å². The van der Waals surface area contributed by atoms with Gasteiger partial charge in [0.05, 0.1) is 27.9 Å². The lowest BCUT2D eigenvalue weighted by Crippen LogP contribution is -2.28. The Bertz CT molecular complexity index is 1320. The summed E-state index contributed by atoms with van der Waals surface area (Å²) >= 11 is 0. The normalized spacial score (nSPS) is 14.7. The predicted octanol–water partition coefficient (Wildman–Crippen LogP) is 3.63. The van der Waals surface area contributed by atoms with Crippen LogP contribution >= 0.6 is 0 Å². The minimum atomic E-state index is -4.04. The predicted molar refractivity (Wildman–Crippen MR) is 128 cm³/mol. The Morgan fingerprint density at radius 1 is 0.853 bits per heavy atom. The summed E-state index contributed by atoms with van der Waals surface area (Å²) in [6, 6.07) is 20.9. The smallest absolute Gasteiger partial charge is 0.261 e. The molecule has 3 amide bonds. The molecule has 9 heteroatoms. The van der Waals surface area contributed by atoms with Crippen molar-refractivity contribution < 1.29 is 22.8 Å². The van der Waals surface area contributed by atoms with Gasteiger partial charge in [0.15, 0.2) is 0 Å². The quantitative estimate of drug-likeness (QED) is 0.505. The molecule has 3 aromatic carbocycles. The van der Waals surface area contributed by atoms with Crippen molar-refractivity contribution in [2.75, 3.05) is 9.62 Å². The molecule has 4 rings (SSSR count). The molecular weight excluding hydrogens is 454 g/mol. The number of para-hydroxylation sites is 1. The van der Waals surface area contributed by atoms with E-state index in [1.807, 2.05) is 37.3 Å². The standard InChI is InChI=1S/C25H23N3O5S/c1-17(18-7-3-2-4-8-18)26-25(31)21-9-5-6-10-22(21)27-34(32,33)20-13-11-19(12-14-20)28-23(29)15-16-24(28)30/h2-14,17,27H,15-16H2,1H3,(H,26,31)/t17-/m0/s1. The minimum Gasteiger partial charge on any atom is -0.345 e. The van der Waals surface area contributed by atoms with E-state index in [1.165, 1.54) is 30.3 Å². The highest BCUT2D eigenvalue weighted by Gasteiger charge is 2.30. The van der Waals surface area contributed by atoms with Gasteiger partial charge in [-0.3, -0.25) is 24.0 Å². The van der Waals surface area contributed by atoms with E-state index in [9.17, 15) is 22.8 Å². The number of nitrogens with zero attached hydrogens (tertiary/aromatic N) is 1. The molecule has 0 radical (unpaired) electrons. The summed E-state index contributed by atoms with van der Waals surface area (Å²) in [5, 5.41) is 2.88. The lowest BCUT2D eigenvalue weighted by atomic mass is 10.1. The van der Waals surface area contributed by atoms with E-state index in [0.717, 1.165) is 10.5 Å². The van der Waals surface area contributed by atoms with Crippen LogP contribution in [0.25, 0.3) is 0 Å². The van der Waals surface area contributed by atoms with Crippen LogP contribution in [0, 0.1) is 0 Å². The van der Waals surface area contributed by atoms with Gasteiger partial charge in [-0.2, -0.15) is 0 Å². The Labute approximate surface area is 197 Å². The van der Waals surface area contributed by atoms with Gasteiger partial charge in [0.2, 0.25) is 11.8 Å². The van der Waals surface area contributed by atoms with Crippen LogP contribution in [-0.2, 0) is 19.6 Å². The first-order chi connectivity index (χ1) is 16.3. The fourth-order valence-corrected chi connectivity index (χ4v) is 4.79. The van der Waals surface area contributed by atoms with Gasteiger partial charge in [0, 0.05) is 12.8 Å². The number of benzene rings is 3. The summed E-state index contributed by atoms with van der Waals surface area (Å²) in [5.74, 6) is -1.05. The number of amides is 3. The van der Waals surface area contributed by atoms with Crippen LogP contribution < -0.4 is 14.9 Å². The van der Waals surface area contributed by atoms with Crippen molar-refractivity contribution in [1.29, 1.82) is 0 Å². The molecule has 8 nitrogen and oxygen atoms in total. The second-order valence-corrected chi connectivity index (χ2v) is 9.56. The molecule has 0 aliphatic carbocycles. The van der Waals surface area contributed by atoms with E-state index >= 15 is 0 Å². The summed E-state index contributed by atoms with van der Waals surface area (Å²) in [5.41, 5.74) is 1.55. The van der Waals surface area contributed by atoms with Crippen molar-refractivity contribution in [3.8, 4) is 0 Å². The molecule has 0 bridgehead atoms. The average molecular weight is 478 g/mol. The first-order valence-electron chi connectivity index (χ1n) is 10.7. The van der Waals surface area contributed by atoms with E-state index in [1.54, 1.807) is 18.2 Å². The van der Waals surface area contributed by atoms with E-state index in [-0.39, 0.29) is 46.8 Å². The maximum atomic E-state index is 13.0. The van der Waals surface area contributed by atoms with Gasteiger partial charge in [-0.05, 0) is 48.9 Å². The van der Waals surface area contributed by atoms with Gasteiger partial charge in [-0.25, -0.2) is 8.42 Å². The molecule has 2 N–H and O–H groups in total. The number of anilines is 2. The highest BCUT2D eigenvalue weighted by Crippen LogP contribution is 2.26.